The number of benzene rings is 2. The lowest BCUT2D eigenvalue weighted by Gasteiger charge is -2.15. The number of aryl methyl sites for hydroxylation is 2. The zero-order valence-electron chi connectivity index (χ0n) is 15.6. The van der Waals surface area contributed by atoms with E-state index in [0.717, 1.165) is 11.1 Å². The highest BCUT2D eigenvalue weighted by molar-refractivity contribution is 5.98. The smallest absolute Gasteiger partial charge is 0.339 e. The molecule has 138 valence electrons. The summed E-state index contributed by atoms with van der Waals surface area (Å²) in [6.45, 7) is 5.36. The largest absolute Gasteiger partial charge is 0.497 e. The third-order valence-corrected chi connectivity index (χ3v) is 3.89. The molecule has 0 saturated heterocycles. The van der Waals surface area contributed by atoms with Crippen LogP contribution in [0.25, 0.3) is 0 Å². The van der Waals surface area contributed by atoms with Crippen molar-refractivity contribution in [2.75, 3.05) is 19.5 Å². The van der Waals surface area contributed by atoms with Gasteiger partial charge in [0.1, 0.15) is 11.5 Å². The summed E-state index contributed by atoms with van der Waals surface area (Å²) in [4.78, 5) is 24.7. The van der Waals surface area contributed by atoms with Crippen LogP contribution in [-0.2, 0) is 9.53 Å². The van der Waals surface area contributed by atoms with Crippen molar-refractivity contribution < 1.29 is 23.8 Å². The molecule has 0 aromatic heterocycles. The second kappa shape index (κ2) is 8.38. The molecule has 1 atom stereocenters. The summed E-state index contributed by atoms with van der Waals surface area (Å²) in [5.41, 5.74) is 2.90. The fourth-order valence-electron chi connectivity index (χ4n) is 2.31. The van der Waals surface area contributed by atoms with Crippen LogP contribution in [0.3, 0.4) is 0 Å². The zero-order chi connectivity index (χ0) is 19.3. The zero-order valence-corrected chi connectivity index (χ0v) is 15.6. The Hall–Kier alpha value is -3.02. The first kappa shape index (κ1) is 19.3. The standard InChI is InChI=1S/C20H23NO5/c1-12-6-7-13(2)18(8-12)21-19(22)14(3)26-20(23)15-9-16(24-4)11-17(10-15)25-5/h6-11,14H,1-5H3,(H,21,22)/t14-/m1/s1. The van der Waals surface area contributed by atoms with Gasteiger partial charge in [-0.3, -0.25) is 4.79 Å². The number of hydrogen-bond acceptors (Lipinski definition) is 5. The number of carbonyl (C=O) groups is 2. The molecule has 2 rings (SSSR count). The third kappa shape index (κ3) is 4.75. The number of carbonyl (C=O) groups excluding carboxylic acids is 2. The summed E-state index contributed by atoms with van der Waals surface area (Å²) in [5, 5.41) is 2.79. The number of hydrogen-bond donors (Lipinski definition) is 1. The molecule has 0 spiro atoms. The normalized spacial score (nSPS) is 11.4. The predicted molar refractivity (Wildman–Crippen MR) is 99.0 cm³/mol. The van der Waals surface area contributed by atoms with E-state index >= 15 is 0 Å². The summed E-state index contributed by atoms with van der Waals surface area (Å²) in [6.07, 6.45) is -0.959. The first-order chi connectivity index (χ1) is 12.3. The average molecular weight is 357 g/mol. The van der Waals surface area contributed by atoms with E-state index in [9.17, 15) is 9.59 Å². The Morgan fingerprint density at radius 2 is 1.58 bits per heavy atom. The van der Waals surface area contributed by atoms with E-state index in [1.54, 1.807) is 6.07 Å². The fourth-order valence-corrected chi connectivity index (χ4v) is 2.31. The van der Waals surface area contributed by atoms with Crippen molar-refractivity contribution >= 4 is 17.6 Å². The first-order valence-electron chi connectivity index (χ1n) is 8.16. The van der Waals surface area contributed by atoms with Crippen molar-refractivity contribution in [2.24, 2.45) is 0 Å². The van der Waals surface area contributed by atoms with Crippen LogP contribution in [0, 0.1) is 13.8 Å². The molecule has 0 heterocycles. The van der Waals surface area contributed by atoms with Crippen LogP contribution in [0.1, 0.15) is 28.4 Å². The Balaban J connectivity index is 2.08. The molecule has 0 fully saturated rings. The topological polar surface area (TPSA) is 73.9 Å². The number of methoxy groups -OCH3 is 2. The molecule has 6 heteroatoms. The molecular formula is C20H23NO5. The number of nitrogens with one attached hydrogen (secondary N) is 1. The summed E-state index contributed by atoms with van der Waals surface area (Å²) >= 11 is 0. The number of amides is 1. The lowest BCUT2D eigenvalue weighted by molar-refractivity contribution is -0.123. The molecule has 1 amide bonds. The fraction of sp³-hybridized carbons (Fsp3) is 0.300. The van der Waals surface area contributed by atoms with Crippen molar-refractivity contribution in [2.45, 2.75) is 26.9 Å². The van der Waals surface area contributed by atoms with Gasteiger partial charge in [-0.2, -0.15) is 0 Å². The number of rotatable bonds is 6. The molecule has 0 aliphatic heterocycles. The van der Waals surface area contributed by atoms with Gasteiger partial charge in [0, 0.05) is 11.8 Å². The van der Waals surface area contributed by atoms with Gasteiger partial charge in [0.05, 0.1) is 19.8 Å². The van der Waals surface area contributed by atoms with Crippen molar-refractivity contribution in [1.29, 1.82) is 0 Å². The van der Waals surface area contributed by atoms with Crippen LogP contribution in [0.15, 0.2) is 36.4 Å². The van der Waals surface area contributed by atoms with Crippen LogP contribution >= 0.6 is 0 Å². The van der Waals surface area contributed by atoms with Crippen molar-refractivity contribution in [3.05, 3.63) is 53.1 Å². The minimum Gasteiger partial charge on any atom is -0.497 e. The van der Waals surface area contributed by atoms with E-state index in [1.807, 2.05) is 32.0 Å². The molecule has 0 aliphatic carbocycles. The number of ether oxygens (including phenoxy) is 3. The van der Waals surface area contributed by atoms with Crippen LogP contribution in [0.2, 0.25) is 0 Å². The van der Waals surface area contributed by atoms with Crippen molar-refractivity contribution in [1.82, 2.24) is 0 Å². The van der Waals surface area contributed by atoms with Gasteiger partial charge in [-0.05, 0) is 50.1 Å². The molecule has 6 nitrogen and oxygen atoms in total. The van der Waals surface area contributed by atoms with Gasteiger partial charge < -0.3 is 19.5 Å². The maximum Gasteiger partial charge on any atom is 0.339 e. The molecule has 1 N–H and O–H groups in total. The van der Waals surface area contributed by atoms with Gasteiger partial charge in [-0.15, -0.1) is 0 Å². The van der Waals surface area contributed by atoms with E-state index in [-0.39, 0.29) is 5.56 Å². The quantitative estimate of drug-likeness (QED) is 0.801. The first-order valence-corrected chi connectivity index (χ1v) is 8.16. The summed E-state index contributed by atoms with van der Waals surface area (Å²) in [6, 6.07) is 10.5. The second-order valence-electron chi connectivity index (χ2n) is 5.96. The molecule has 26 heavy (non-hydrogen) atoms. The second-order valence-corrected chi connectivity index (χ2v) is 5.96. The number of anilines is 1. The van der Waals surface area contributed by atoms with Crippen LogP contribution < -0.4 is 14.8 Å². The van der Waals surface area contributed by atoms with Gasteiger partial charge in [0.25, 0.3) is 5.91 Å². The number of esters is 1. The van der Waals surface area contributed by atoms with E-state index in [2.05, 4.69) is 5.32 Å². The summed E-state index contributed by atoms with van der Waals surface area (Å²) < 4.78 is 15.5. The Bertz CT molecular complexity index is 794. The van der Waals surface area contributed by atoms with Crippen LogP contribution in [-0.4, -0.2) is 32.2 Å². The van der Waals surface area contributed by atoms with Crippen LogP contribution in [0.5, 0.6) is 11.5 Å². The molecule has 2 aromatic carbocycles. The average Bonchev–Trinajstić information content (AvgIpc) is 2.63. The third-order valence-electron chi connectivity index (χ3n) is 3.89. The highest BCUT2D eigenvalue weighted by Crippen LogP contribution is 2.23. The van der Waals surface area contributed by atoms with Crippen LogP contribution in [0.4, 0.5) is 5.69 Å². The molecule has 0 aliphatic rings. The highest BCUT2D eigenvalue weighted by Gasteiger charge is 2.20. The van der Waals surface area contributed by atoms with Crippen molar-refractivity contribution in [3.63, 3.8) is 0 Å². The van der Waals surface area contributed by atoms with E-state index in [0.29, 0.717) is 17.2 Å². The predicted octanol–water partition coefficient (Wildman–Crippen LogP) is 3.50. The lowest BCUT2D eigenvalue weighted by atomic mass is 10.1. The summed E-state index contributed by atoms with van der Waals surface area (Å²) in [7, 11) is 2.98. The molecule has 0 unspecified atom stereocenters. The SMILES string of the molecule is COc1cc(OC)cc(C(=O)O[C@H](C)C(=O)Nc2cc(C)ccc2C)c1. The van der Waals surface area contributed by atoms with E-state index < -0.39 is 18.0 Å². The Morgan fingerprint density at radius 3 is 2.15 bits per heavy atom. The molecule has 0 radical (unpaired) electrons. The van der Waals surface area contributed by atoms with E-state index in [1.165, 1.54) is 33.3 Å². The van der Waals surface area contributed by atoms with Gasteiger partial charge in [-0.25, -0.2) is 4.79 Å². The lowest BCUT2D eigenvalue weighted by Crippen LogP contribution is -2.30. The van der Waals surface area contributed by atoms with Gasteiger partial charge in [0.2, 0.25) is 0 Å². The molecule has 0 saturated carbocycles. The minimum absolute atomic E-state index is 0.243. The summed E-state index contributed by atoms with van der Waals surface area (Å²) in [5.74, 6) is -0.111. The Kier molecular flexibility index (Phi) is 6.22. The van der Waals surface area contributed by atoms with Crippen molar-refractivity contribution in [3.8, 4) is 11.5 Å². The molecule has 0 bridgehead atoms. The van der Waals surface area contributed by atoms with E-state index in [4.69, 9.17) is 14.2 Å². The maximum absolute atomic E-state index is 12.4. The van der Waals surface area contributed by atoms with Gasteiger partial charge in [0.15, 0.2) is 6.10 Å². The maximum atomic E-state index is 12.4. The van der Waals surface area contributed by atoms with Gasteiger partial charge >= 0.3 is 5.97 Å². The molecule has 2 aromatic rings. The monoisotopic (exact) mass is 357 g/mol. The minimum atomic E-state index is -0.959. The molecular weight excluding hydrogens is 334 g/mol. The Morgan fingerprint density at radius 1 is 0.962 bits per heavy atom. The van der Waals surface area contributed by atoms with Gasteiger partial charge in [-0.1, -0.05) is 12.1 Å². The Labute approximate surface area is 153 Å². The highest BCUT2D eigenvalue weighted by atomic mass is 16.5.